The molecule has 1 fully saturated rings. The van der Waals surface area contributed by atoms with Gasteiger partial charge in [-0.25, -0.2) is 17.2 Å². The first kappa shape index (κ1) is 24.7. The van der Waals surface area contributed by atoms with Gasteiger partial charge in [-0.1, -0.05) is 41.9 Å². The van der Waals surface area contributed by atoms with Crippen molar-refractivity contribution in [1.29, 1.82) is 0 Å². The summed E-state index contributed by atoms with van der Waals surface area (Å²) >= 11 is 6.19. The van der Waals surface area contributed by atoms with Crippen LogP contribution in [-0.4, -0.2) is 32.5 Å². The van der Waals surface area contributed by atoms with Gasteiger partial charge >= 0.3 is 0 Å². The minimum atomic E-state index is -4.02. The lowest BCUT2D eigenvalue weighted by Crippen LogP contribution is -2.44. The standard InChI is InChI=1S/C27H24ClF2NO4S/c1-17-4-2-5-20(14-17)36(33,34)31-16-19(9-11-25(32)27(30)12-13-27)35-24-10-8-18(15-23(24)31)21-6-3-7-22(29)26(21)28/h2-8,10,14-15,19H,9,11-13,16H2,1H3/t19-/m0/s1. The number of hydrogen-bond donors (Lipinski definition) is 0. The minimum Gasteiger partial charge on any atom is -0.486 e. The first-order valence-electron chi connectivity index (χ1n) is 11.7. The Morgan fingerprint density at radius 3 is 2.61 bits per heavy atom. The average molecular weight is 532 g/mol. The van der Waals surface area contributed by atoms with Crippen LogP contribution in [0.5, 0.6) is 5.75 Å². The Hall–Kier alpha value is -2.97. The number of benzene rings is 3. The summed E-state index contributed by atoms with van der Waals surface area (Å²) < 4.78 is 63.1. The highest BCUT2D eigenvalue weighted by molar-refractivity contribution is 7.92. The number of carbonyl (C=O) groups is 1. The van der Waals surface area contributed by atoms with Crippen LogP contribution in [0.3, 0.4) is 0 Å². The van der Waals surface area contributed by atoms with Crippen LogP contribution < -0.4 is 9.04 Å². The van der Waals surface area contributed by atoms with E-state index in [1.54, 1.807) is 49.4 Å². The van der Waals surface area contributed by atoms with E-state index >= 15 is 0 Å². The number of rotatable bonds is 7. The summed E-state index contributed by atoms with van der Waals surface area (Å²) in [4.78, 5) is 12.3. The van der Waals surface area contributed by atoms with E-state index in [0.717, 1.165) is 5.56 Å². The van der Waals surface area contributed by atoms with Crippen molar-refractivity contribution in [2.45, 2.75) is 49.3 Å². The summed E-state index contributed by atoms with van der Waals surface area (Å²) in [5.41, 5.74) is 0.260. The zero-order valence-electron chi connectivity index (χ0n) is 19.5. The Labute approximate surface area is 213 Å². The number of halogens is 3. The fourth-order valence-electron chi connectivity index (χ4n) is 4.39. The Morgan fingerprint density at radius 2 is 1.89 bits per heavy atom. The predicted octanol–water partition coefficient (Wildman–Crippen LogP) is 6.26. The highest BCUT2D eigenvalue weighted by atomic mass is 35.5. The van der Waals surface area contributed by atoms with Gasteiger partial charge in [0.2, 0.25) is 0 Å². The third-order valence-electron chi connectivity index (χ3n) is 6.61. The van der Waals surface area contributed by atoms with Gasteiger partial charge in [0.25, 0.3) is 10.0 Å². The second kappa shape index (κ2) is 9.16. The maximum absolute atomic E-state index is 14.1. The molecule has 3 aromatic carbocycles. The van der Waals surface area contributed by atoms with Crippen molar-refractivity contribution in [3.63, 3.8) is 0 Å². The summed E-state index contributed by atoms with van der Waals surface area (Å²) in [6, 6.07) is 15.9. The van der Waals surface area contributed by atoms with Crippen molar-refractivity contribution >= 4 is 33.1 Å². The lowest BCUT2D eigenvalue weighted by atomic mass is 10.0. The van der Waals surface area contributed by atoms with Gasteiger partial charge in [0.1, 0.15) is 17.7 Å². The van der Waals surface area contributed by atoms with Crippen molar-refractivity contribution in [1.82, 2.24) is 0 Å². The zero-order chi connectivity index (χ0) is 25.7. The second-order valence-corrected chi connectivity index (χ2v) is 11.5. The number of alkyl halides is 1. The molecule has 1 aliphatic carbocycles. The molecule has 36 heavy (non-hydrogen) atoms. The first-order valence-corrected chi connectivity index (χ1v) is 13.5. The van der Waals surface area contributed by atoms with Gasteiger partial charge in [0.05, 0.1) is 22.2 Å². The number of ether oxygens (including phenoxy) is 1. The summed E-state index contributed by atoms with van der Waals surface area (Å²) in [7, 11) is -4.02. The second-order valence-electron chi connectivity index (χ2n) is 9.30. The summed E-state index contributed by atoms with van der Waals surface area (Å²) in [5.74, 6) is -0.757. The molecule has 0 spiro atoms. The summed E-state index contributed by atoms with van der Waals surface area (Å²) in [6.07, 6.45) is -0.0292. The number of sulfonamides is 1. The molecule has 5 nitrogen and oxygen atoms in total. The number of anilines is 1. The van der Waals surface area contributed by atoms with Crippen molar-refractivity contribution < 1.29 is 26.7 Å². The number of carbonyl (C=O) groups excluding carboxylic acids is 1. The van der Waals surface area contributed by atoms with E-state index in [4.69, 9.17) is 16.3 Å². The predicted molar refractivity (Wildman–Crippen MR) is 134 cm³/mol. The molecule has 0 unspecified atom stereocenters. The quantitative estimate of drug-likeness (QED) is 0.361. The van der Waals surface area contributed by atoms with Crippen molar-refractivity contribution in [3.05, 3.63) is 77.1 Å². The highest BCUT2D eigenvalue weighted by Crippen LogP contribution is 2.44. The lowest BCUT2D eigenvalue weighted by Gasteiger charge is -2.36. The molecule has 1 heterocycles. The first-order chi connectivity index (χ1) is 17.1. The van der Waals surface area contributed by atoms with Gasteiger partial charge < -0.3 is 4.74 Å². The van der Waals surface area contributed by atoms with E-state index in [1.165, 1.54) is 22.5 Å². The highest BCUT2D eigenvalue weighted by Gasteiger charge is 2.50. The molecule has 188 valence electrons. The number of fused-ring (bicyclic) bond motifs is 1. The third kappa shape index (κ3) is 4.60. The molecule has 5 rings (SSSR count). The van der Waals surface area contributed by atoms with Gasteiger partial charge in [0, 0.05) is 12.0 Å². The van der Waals surface area contributed by atoms with Crippen LogP contribution in [0.25, 0.3) is 11.1 Å². The maximum atomic E-state index is 14.1. The molecular formula is C27H24ClF2NO4S. The van der Waals surface area contributed by atoms with E-state index in [-0.39, 0.29) is 47.8 Å². The molecule has 1 atom stereocenters. The SMILES string of the molecule is Cc1cccc(S(=O)(=O)N2C[C@H](CCC(=O)C3(F)CC3)Oc3ccc(-c4cccc(F)c4Cl)cc32)c1. The zero-order valence-corrected chi connectivity index (χ0v) is 21.1. The van der Waals surface area contributed by atoms with Crippen LogP contribution in [0, 0.1) is 12.7 Å². The molecule has 0 radical (unpaired) electrons. The molecule has 1 aliphatic heterocycles. The molecule has 1 saturated carbocycles. The Balaban J connectivity index is 1.54. The largest absolute Gasteiger partial charge is 0.486 e. The molecule has 9 heteroatoms. The Kier molecular flexibility index (Phi) is 6.29. The van der Waals surface area contributed by atoms with Crippen molar-refractivity contribution in [2.75, 3.05) is 10.8 Å². The fraction of sp³-hybridized carbons (Fsp3) is 0.296. The van der Waals surface area contributed by atoms with E-state index in [9.17, 15) is 22.0 Å². The van der Waals surface area contributed by atoms with Crippen LogP contribution in [0.15, 0.2) is 65.6 Å². The van der Waals surface area contributed by atoms with Crippen LogP contribution >= 0.6 is 11.6 Å². The molecule has 0 bridgehead atoms. The number of Topliss-reactive ketones (excluding diaryl/α,β-unsaturated/α-hetero) is 1. The number of hydrogen-bond acceptors (Lipinski definition) is 4. The number of aryl methyl sites for hydroxylation is 1. The molecule has 2 aliphatic rings. The molecule has 0 aromatic heterocycles. The van der Waals surface area contributed by atoms with Crippen LogP contribution in [0.4, 0.5) is 14.5 Å². The monoisotopic (exact) mass is 531 g/mol. The van der Waals surface area contributed by atoms with Crippen molar-refractivity contribution in [3.8, 4) is 16.9 Å². The Bertz CT molecular complexity index is 1460. The topological polar surface area (TPSA) is 63.7 Å². The molecule has 0 amide bonds. The van der Waals surface area contributed by atoms with E-state index in [2.05, 4.69) is 0 Å². The summed E-state index contributed by atoms with van der Waals surface area (Å²) in [5, 5.41) is -0.0705. The maximum Gasteiger partial charge on any atom is 0.264 e. The van der Waals surface area contributed by atoms with Gasteiger partial charge in [-0.15, -0.1) is 0 Å². The van der Waals surface area contributed by atoms with Crippen molar-refractivity contribution in [2.24, 2.45) is 0 Å². The number of ketones is 1. The van der Waals surface area contributed by atoms with Gasteiger partial charge in [0.15, 0.2) is 11.5 Å². The van der Waals surface area contributed by atoms with Crippen LogP contribution in [-0.2, 0) is 14.8 Å². The molecule has 0 saturated heterocycles. The van der Waals surface area contributed by atoms with Gasteiger partial charge in [-0.05, 0) is 67.6 Å². The number of nitrogens with zero attached hydrogens (tertiary/aromatic N) is 1. The molecule has 3 aromatic rings. The normalized spacial score (nSPS) is 18.3. The Morgan fingerprint density at radius 1 is 1.14 bits per heavy atom. The minimum absolute atomic E-state index is 0.0359. The summed E-state index contributed by atoms with van der Waals surface area (Å²) in [6.45, 7) is 1.74. The smallest absolute Gasteiger partial charge is 0.264 e. The van der Waals surface area contributed by atoms with E-state index < -0.39 is 33.4 Å². The van der Waals surface area contributed by atoms with E-state index in [1.807, 2.05) is 0 Å². The van der Waals surface area contributed by atoms with Gasteiger partial charge in [-0.3, -0.25) is 9.10 Å². The lowest BCUT2D eigenvalue weighted by molar-refractivity contribution is -0.125. The molecular weight excluding hydrogens is 508 g/mol. The fourth-order valence-corrected chi connectivity index (χ4v) is 6.23. The van der Waals surface area contributed by atoms with Crippen LogP contribution in [0.2, 0.25) is 5.02 Å². The third-order valence-corrected chi connectivity index (χ3v) is 8.77. The van der Waals surface area contributed by atoms with E-state index in [0.29, 0.717) is 16.9 Å². The van der Waals surface area contributed by atoms with Crippen LogP contribution in [0.1, 0.15) is 31.2 Å². The van der Waals surface area contributed by atoms with Gasteiger partial charge in [-0.2, -0.15) is 0 Å². The average Bonchev–Trinajstić information content (AvgIpc) is 3.62. The molecule has 0 N–H and O–H groups in total.